The van der Waals surface area contributed by atoms with Crippen LogP contribution < -0.4 is 20.8 Å². The molecular weight excluding hydrogens is 144 g/mol. The van der Waals surface area contributed by atoms with Crippen molar-refractivity contribution in [1.82, 2.24) is 10.6 Å². The van der Waals surface area contributed by atoms with Gasteiger partial charge >= 0.3 is 6.03 Å². The topological polar surface area (TPSA) is 121 Å². The zero-order valence-electron chi connectivity index (χ0n) is 4.54. The minimum atomic E-state index is -1.89. The number of hydrogen-bond donors (Lipinski definition) is 2. The molecule has 0 saturated heterocycles. The number of hydrogen-bond acceptors (Lipinski definition) is 5. The van der Waals surface area contributed by atoms with E-state index in [0.29, 0.717) is 0 Å². The number of carbonyl (C=O) groups excluding carboxylic acids is 3. The van der Waals surface area contributed by atoms with Crippen LogP contribution in [-0.4, -0.2) is 18.2 Å². The van der Waals surface area contributed by atoms with Gasteiger partial charge in [-0.15, -0.1) is 0 Å². The fourth-order valence-corrected chi connectivity index (χ4v) is 0.217. The summed E-state index contributed by atoms with van der Waals surface area (Å²) in [5, 5.41) is 21.2. The van der Waals surface area contributed by atoms with E-state index >= 15 is 0 Å². The number of imide groups is 2. The second-order valence-electron chi connectivity index (χ2n) is 1.15. The summed E-state index contributed by atoms with van der Waals surface area (Å²) in [6.45, 7) is 0. The average molecular weight is 146 g/mol. The number of amides is 4. The lowest BCUT2D eigenvalue weighted by molar-refractivity contribution is -0.250. The van der Waals surface area contributed by atoms with Crippen molar-refractivity contribution in [1.29, 1.82) is 0 Å². The second-order valence-corrected chi connectivity index (χ2v) is 1.15. The van der Waals surface area contributed by atoms with Gasteiger partial charge < -0.3 is 19.8 Å². The van der Waals surface area contributed by atoms with Gasteiger partial charge in [0, 0.05) is 0 Å². The van der Waals surface area contributed by atoms with Crippen molar-refractivity contribution in [2.24, 2.45) is 0 Å². The summed E-state index contributed by atoms with van der Waals surface area (Å²) in [6, 6.07) is -1.42. The standard InChI is InChI=1S/C3H4N2O5/c6-1(4-2(7)8)5-3(9)10/h(H,7,8)(H,9,10)(H2,4,5,6)/p-2. The van der Waals surface area contributed by atoms with Gasteiger partial charge in [-0.25, -0.2) is 4.79 Å². The van der Waals surface area contributed by atoms with Crippen LogP contribution in [0.5, 0.6) is 0 Å². The fraction of sp³-hybridized carbons (Fsp3) is 0. The van der Waals surface area contributed by atoms with Crippen LogP contribution in [0, 0.1) is 0 Å². The molecule has 0 saturated carbocycles. The maximum Gasteiger partial charge on any atom is 0.325 e. The monoisotopic (exact) mass is 146 g/mol. The SMILES string of the molecule is O=C([O-])NC(=O)NC(=O)[O-]. The number of carbonyl (C=O) groups is 3. The van der Waals surface area contributed by atoms with E-state index in [1.807, 2.05) is 0 Å². The van der Waals surface area contributed by atoms with Crippen molar-refractivity contribution < 1.29 is 24.6 Å². The largest absolute Gasteiger partial charge is 0.530 e. The minimum absolute atomic E-state index is 1.11. The summed E-state index contributed by atoms with van der Waals surface area (Å²) in [5.41, 5.74) is 0. The van der Waals surface area contributed by atoms with E-state index in [9.17, 15) is 24.6 Å². The molecule has 0 aromatic carbocycles. The molecule has 0 spiro atoms. The molecule has 0 fully saturated rings. The Morgan fingerprint density at radius 1 is 0.900 bits per heavy atom. The van der Waals surface area contributed by atoms with Crippen LogP contribution in [0.25, 0.3) is 0 Å². The Bertz CT molecular complexity index is 158. The second kappa shape index (κ2) is 3.28. The minimum Gasteiger partial charge on any atom is -0.530 e. The molecule has 4 amide bonds. The van der Waals surface area contributed by atoms with Gasteiger partial charge in [0.2, 0.25) is 0 Å². The number of nitrogens with one attached hydrogen (secondary N) is 2. The maximum absolute atomic E-state index is 10.0. The van der Waals surface area contributed by atoms with Gasteiger partial charge in [0.1, 0.15) is 12.2 Å². The van der Waals surface area contributed by atoms with Crippen LogP contribution in [-0.2, 0) is 0 Å². The van der Waals surface area contributed by atoms with Gasteiger partial charge in [0.15, 0.2) is 0 Å². The summed E-state index contributed by atoms with van der Waals surface area (Å²) in [5.74, 6) is 0. The van der Waals surface area contributed by atoms with Gasteiger partial charge in [0.25, 0.3) is 0 Å². The van der Waals surface area contributed by atoms with Crippen molar-refractivity contribution >= 4 is 18.2 Å². The van der Waals surface area contributed by atoms with Crippen LogP contribution in [0.4, 0.5) is 14.4 Å². The number of urea groups is 1. The predicted molar refractivity (Wildman–Crippen MR) is 22.5 cm³/mol. The Balaban J connectivity index is 3.65. The molecular formula is C3H2N2O5-2. The molecule has 0 bridgehead atoms. The fourth-order valence-electron chi connectivity index (χ4n) is 0.217. The van der Waals surface area contributed by atoms with Crippen LogP contribution in [0.15, 0.2) is 0 Å². The van der Waals surface area contributed by atoms with E-state index in [1.54, 1.807) is 0 Å². The molecule has 0 aromatic rings. The summed E-state index contributed by atoms with van der Waals surface area (Å²) >= 11 is 0. The molecule has 2 N–H and O–H groups in total. The molecule has 0 unspecified atom stereocenters. The maximum atomic E-state index is 10.0. The summed E-state index contributed by atoms with van der Waals surface area (Å²) in [4.78, 5) is 29.0. The van der Waals surface area contributed by atoms with Crippen molar-refractivity contribution in [3.05, 3.63) is 0 Å². The molecule has 7 heteroatoms. The number of rotatable bonds is 0. The van der Waals surface area contributed by atoms with Crippen molar-refractivity contribution in [2.45, 2.75) is 0 Å². The van der Waals surface area contributed by atoms with Gasteiger partial charge in [-0.3, -0.25) is 10.6 Å². The molecule has 0 aliphatic heterocycles. The number of carboxylic acid groups (broad SMARTS) is 2. The van der Waals surface area contributed by atoms with Gasteiger partial charge in [0.05, 0.1) is 0 Å². The highest BCUT2D eigenvalue weighted by Gasteiger charge is 1.96. The first kappa shape index (κ1) is 8.21. The Morgan fingerprint density at radius 2 is 1.20 bits per heavy atom. The first-order chi connectivity index (χ1) is 4.52. The van der Waals surface area contributed by atoms with Crippen LogP contribution >= 0.6 is 0 Å². The average Bonchev–Trinajstić information content (AvgIpc) is 1.58. The Morgan fingerprint density at radius 3 is 1.40 bits per heavy atom. The van der Waals surface area contributed by atoms with Crippen molar-refractivity contribution in [2.75, 3.05) is 0 Å². The van der Waals surface area contributed by atoms with Gasteiger partial charge in [-0.2, -0.15) is 0 Å². The predicted octanol–water partition coefficient (Wildman–Crippen LogP) is -3.03. The zero-order chi connectivity index (χ0) is 8.15. The summed E-state index contributed by atoms with van der Waals surface area (Å²) in [6.07, 6.45) is -3.78. The Labute approximate surface area is 54.6 Å². The first-order valence-corrected chi connectivity index (χ1v) is 2.02. The van der Waals surface area contributed by atoms with E-state index in [0.717, 1.165) is 10.6 Å². The highest BCUT2D eigenvalue weighted by Crippen LogP contribution is 1.61. The normalized spacial score (nSPS) is 8.00. The van der Waals surface area contributed by atoms with Crippen molar-refractivity contribution in [3.63, 3.8) is 0 Å². The van der Waals surface area contributed by atoms with E-state index in [4.69, 9.17) is 0 Å². The third-order valence-electron chi connectivity index (χ3n) is 0.431. The molecule has 0 aliphatic rings. The van der Waals surface area contributed by atoms with E-state index in [1.165, 1.54) is 0 Å². The van der Waals surface area contributed by atoms with Crippen LogP contribution in [0.2, 0.25) is 0 Å². The van der Waals surface area contributed by atoms with Gasteiger partial charge in [-0.1, -0.05) is 0 Å². The molecule has 10 heavy (non-hydrogen) atoms. The third-order valence-corrected chi connectivity index (χ3v) is 0.431. The summed E-state index contributed by atoms with van der Waals surface area (Å²) < 4.78 is 0. The molecule has 0 rings (SSSR count). The Kier molecular flexibility index (Phi) is 2.69. The smallest absolute Gasteiger partial charge is 0.325 e. The van der Waals surface area contributed by atoms with Crippen LogP contribution in [0.1, 0.15) is 0 Å². The highest BCUT2D eigenvalue weighted by atomic mass is 16.4. The van der Waals surface area contributed by atoms with Crippen molar-refractivity contribution in [3.8, 4) is 0 Å². The van der Waals surface area contributed by atoms with E-state index in [-0.39, 0.29) is 0 Å². The van der Waals surface area contributed by atoms with E-state index < -0.39 is 18.2 Å². The van der Waals surface area contributed by atoms with Gasteiger partial charge in [-0.05, 0) is 0 Å². The molecule has 0 aromatic heterocycles. The lowest BCUT2D eigenvalue weighted by atomic mass is 10.9. The molecule has 0 atom stereocenters. The molecule has 56 valence electrons. The highest BCUT2D eigenvalue weighted by molar-refractivity contribution is 5.96. The first-order valence-electron chi connectivity index (χ1n) is 2.02. The molecule has 0 aliphatic carbocycles. The molecule has 0 heterocycles. The lowest BCUT2D eigenvalue weighted by Gasteiger charge is -2.06. The van der Waals surface area contributed by atoms with Crippen LogP contribution in [0.3, 0.4) is 0 Å². The zero-order valence-corrected chi connectivity index (χ0v) is 4.54. The Hall–Kier alpha value is -1.79. The lowest BCUT2D eigenvalue weighted by Crippen LogP contribution is -2.50. The third kappa shape index (κ3) is 4.37. The molecule has 0 radical (unpaired) electrons. The molecule has 7 nitrogen and oxygen atoms in total. The van der Waals surface area contributed by atoms with E-state index in [2.05, 4.69) is 0 Å². The summed E-state index contributed by atoms with van der Waals surface area (Å²) in [7, 11) is 0. The quantitative estimate of drug-likeness (QED) is 0.376.